The molecule has 1 saturated heterocycles. The Morgan fingerprint density at radius 2 is 1.67 bits per heavy atom. The minimum absolute atomic E-state index is 0.102. The Balaban J connectivity index is 1.28. The van der Waals surface area contributed by atoms with E-state index in [4.69, 9.17) is 9.73 Å². The number of ketones is 2. The number of aryl methyl sites for hydroxylation is 2. The molecule has 2 aromatic rings. The maximum Gasteiger partial charge on any atom is 0.160 e. The molecule has 306 valence electrons. The molecule has 0 spiro atoms. The number of aliphatic hydroxyl groups is 2. The van der Waals surface area contributed by atoms with E-state index in [-0.39, 0.29) is 40.5 Å². The lowest BCUT2D eigenvalue weighted by Crippen LogP contribution is -2.68. The number of aromatic nitrogens is 1. The van der Waals surface area contributed by atoms with E-state index >= 15 is 4.79 Å². The standard InChI is InChI=1S/C50H66N2O5/c1-12-33-31(22-29-20-27(2)19-28(3)21-29)40-41-30(25-51-40)13-16-47(8,23-35(54)44-46(6,7)57-44)39-34(53)24-50(11)38(39)32(26-52(33)41)42(56)43-48(9)17-15-37(55)45(4,5)36(48)14-18-49(43,50)10/h12,19-21,25,32,35-36,42-44,54,56H,13-18,22-24,26H2,1-11H3. The van der Waals surface area contributed by atoms with Crippen molar-refractivity contribution in [3.05, 3.63) is 62.3 Å². The lowest BCUT2D eigenvalue weighted by Gasteiger charge is -2.70. The van der Waals surface area contributed by atoms with Crippen LogP contribution in [0.1, 0.15) is 136 Å². The van der Waals surface area contributed by atoms with E-state index in [1.807, 2.05) is 13.8 Å². The van der Waals surface area contributed by atoms with Crippen LogP contribution in [0, 0.1) is 58.7 Å². The van der Waals surface area contributed by atoms with Gasteiger partial charge in [0.1, 0.15) is 11.9 Å². The zero-order valence-corrected chi connectivity index (χ0v) is 36.4. The molecule has 10 unspecified atom stereocenters. The van der Waals surface area contributed by atoms with Gasteiger partial charge in [-0.3, -0.25) is 14.6 Å². The van der Waals surface area contributed by atoms with Gasteiger partial charge in [-0.25, -0.2) is 0 Å². The number of aliphatic imine (C=N–C) groups is 1. The van der Waals surface area contributed by atoms with E-state index in [1.165, 1.54) is 22.3 Å². The summed E-state index contributed by atoms with van der Waals surface area (Å²) in [4.78, 5) is 34.0. The molecule has 1 aromatic carbocycles. The molecular weight excluding hydrogens is 709 g/mol. The zero-order valence-electron chi connectivity index (χ0n) is 36.4. The zero-order chi connectivity index (χ0) is 41.0. The maximum absolute atomic E-state index is 15.2. The molecule has 7 heteroatoms. The summed E-state index contributed by atoms with van der Waals surface area (Å²) in [5, 5.41) is 27.7. The number of hydrogen-bond acceptors (Lipinski definition) is 6. The van der Waals surface area contributed by atoms with E-state index in [2.05, 4.69) is 97.4 Å². The van der Waals surface area contributed by atoms with Gasteiger partial charge < -0.3 is 19.5 Å². The smallest absolute Gasteiger partial charge is 0.160 e. The first-order valence-electron chi connectivity index (χ1n) is 22.0. The van der Waals surface area contributed by atoms with Gasteiger partial charge in [-0.2, -0.15) is 0 Å². The van der Waals surface area contributed by atoms with Crippen LogP contribution in [0.25, 0.3) is 11.6 Å². The van der Waals surface area contributed by atoms with Crippen molar-refractivity contribution in [1.82, 2.24) is 4.57 Å². The van der Waals surface area contributed by atoms with Crippen molar-refractivity contribution >= 4 is 35.1 Å². The Morgan fingerprint density at radius 1 is 0.982 bits per heavy atom. The number of nitrogens with zero attached hydrogens (tertiary/aromatic N) is 2. The molecule has 3 saturated carbocycles. The van der Waals surface area contributed by atoms with Crippen LogP contribution in [0.3, 0.4) is 0 Å². The Bertz CT molecular complexity index is 2290. The van der Waals surface area contributed by atoms with Gasteiger partial charge in [0, 0.05) is 65.3 Å². The number of fused-ring (bicyclic) bond motifs is 4. The Morgan fingerprint density at radius 3 is 2.32 bits per heavy atom. The van der Waals surface area contributed by atoms with Crippen molar-refractivity contribution in [2.24, 2.45) is 49.8 Å². The minimum Gasteiger partial charge on any atom is -0.392 e. The fraction of sp³-hybridized carbons (Fsp3) is 0.660. The molecule has 9 rings (SSSR count). The molecular formula is C50H66N2O5. The summed E-state index contributed by atoms with van der Waals surface area (Å²) in [6.07, 6.45) is 8.61. The second-order valence-electron chi connectivity index (χ2n) is 21.8. The lowest BCUT2D eigenvalue weighted by atomic mass is 9.34. The topological polar surface area (TPSA) is 104 Å². The predicted molar refractivity (Wildman–Crippen MR) is 226 cm³/mol. The minimum atomic E-state index is -0.730. The highest BCUT2D eigenvalue weighted by atomic mass is 16.6. The summed E-state index contributed by atoms with van der Waals surface area (Å²) in [6.45, 7) is 24.7. The Kier molecular flexibility index (Phi) is 8.60. The first-order valence-corrected chi connectivity index (χ1v) is 22.0. The number of allylic oxidation sites excluding steroid dienone is 1. The van der Waals surface area contributed by atoms with Crippen molar-refractivity contribution in [2.75, 3.05) is 0 Å². The largest absolute Gasteiger partial charge is 0.392 e. The van der Waals surface area contributed by atoms with Gasteiger partial charge in [-0.1, -0.05) is 76.9 Å². The molecule has 2 N–H and O–H groups in total. The molecule has 4 fully saturated rings. The fourth-order valence-corrected chi connectivity index (χ4v) is 14.9. The first-order chi connectivity index (χ1) is 26.6. The van der Waals surface area contributed by atoms with Gasteiger partial charge in [0.05, 0.1) is 28.8 Å². The maximum atomic E-state index is 15.2. The third-order valence-electron chi connectivity index (χ3n) is 17.6. The summed E-state index contributed by atoms with van der Waals surface area (Å²) in [5.41, 5.74) is 6.50. The predicted octanol–water partition coefficient (Wildman–Crippen LogP) is 7.79. The molecule has 4 aliphatic carbocycles. The third-order valence-corrected chi connectivity index (χ3v) is 17.6. The Hall–Kier alpha value is -3.13. The van der Waals surface area contributed by atoms with Crippen LogP contribution in [0.4, 0.5) is 5.69 Å². The van der Waals surface area contributed by atoms with Crippen LogP contribution < -0.4 is 10.7 Å². The number of aliphatic hydroxyl groups excluding tert-OH is 2. The van der Waals surface area contributed by atoms with Gasteiger partial charge >= 0.3 is 0 Å². The molecule has 10 atom stereocenters. The van der Waals surface area contributed by atoms with Crippen LogP contribution in [-0.4, -0.2) is 56.5 Å². The summed E-state index contributed by atoms with van der Waals surface area (Å²) >= 11 is 0. The average molecular weight is 775 g/mol. The quantitative estimate of drug-likeness (QED) is 0.302. The van der Waals surface area contributed by atoms with Crippen LogP contribution in [-0.2, 0) is 27.3 Å². The number of ether oxygens (including phenoxy) is 1. The monoisotopic (exact) mass is 774 g/mol. The molecule has 57 heavy (non-hydrogen) atoms. The summed E-state index contributed by atoms with van der Waals surface area (Å²) in [6, 6.07) is 6.79. The fourth-order valence-electron chi connectivity index (χ4n) is 14.9. The van der Waals surface area contributed by atoms with Gasteiger partial charge in [0.15, 0.2) is 5.78 Å². The number of carbonyl (C=O) groups is 2. The van der Waals surface area contributed by atoms with Gasteiger partial charge in [0.2, 0.25) is 0 Å². The van der Waals surface area contributed by atoms with Crippen molar-refractivity contribution < 1.29 is 24.5 Å². The summed E-state index contributed by atoms with van der Waals surface area (Å²) < 4.78 is 8.48. The van der Waals surface area contributed by atoms with E-state index < -0.39 is 34.1 Å². The van der Waals surface area contributed by atoms with Crippen molar-refractivity contribution in [3.8, 4) is 0 Å². The SMILES string of the molecule is CC=c1c(Cc2cc(C)cc(C)c2)c2c3n1CC1C4=C(C(=O)CC4(C)C4(C)CCC5C(C)(C)C(=O)CCC5(C)C4C1O)C(C)(CC(O)C1OC1(C)C)CCC=3C=N2. The van der Waals surface area contributed by atoms with E-state index in [1.54, 1.807) is 0 Å². The second-order valence-corrected chi connectivity index (χ2v) is 21.8. The van der Waals surface area contributed by atoms with Gasteiger partial charge in [0.25, 0.3) is 0 Å². The van der Waals surface area contributed by atoms with E-state index in [0.29, 0.717) is 38.0 Å². The van der Waals surface area contributed by atoms with Gasteiger partial charge in [-0.15, -0.1) is 0 Å². The highest BCUT2D eigenvalue weighted by molar-refractivity contribution is 6.07. The van der Waals surface area contributed by atoms with E-state index in [9.17, 15) is 15.0 Å². The molecule has 4 heterocycles. The van der Waals surface area contributed by atoms with Crippen LogP contribution in [0.5, 0.6) is 0 Å². The van der Waals surface area contributed by atoms with Gasteiger partial charge in [-0.05, 0) is 118 Å². The molecule has 7 aliphatic rings. The average Bonchev–Trinajstić information content (AvgIpc) is 3.35. The third kappa shape index (κ3) is 5.35. The first kappa shape index (κ1) is 39.3. The number of epoxide rings is 1. The number of rotatable bonds is 5. The normalized spacial score (nSPS) is 39.5. The molecule has 0 amide bonds. The molecule has 3 aliphatic heterocycles. The molecule has 7 nitrogen and oxygen atoms in total. The van der Waals surface area contributed by atoms with Crippen LogP contribution in [0.2, 0.25) is 0 Å². The number of Topliss-reactive ketones (excluding diaryl/α,β-unsaturated/α-hetero) is 2. The number of carbonyl (C=O) groups excluding carboxylic acids is 2. The molecule has 0 bridgehead atoms. The summed E-state index contributed by atoms with van der Waals surface area (Å²) in [7, 11) is 0. The molecule has 1 aromatic heterocycles. The summed E-state index contributed by atoms with van der Waals surface area (Å²) in [5.74, 6) is 0.236. The van der Waals surface area contributed by atoms with Crippen LogP contribution in [0.15, 0.2) is 34.3 Å². The van der Waals surface area contributed by atoms with E-state index in [0.717, 1.165) is 65.2 Å². The van der Waals surface area contributed by atoms with Crippen molar-refractivity contribution in [3.63, 3.8) is 0 Å². The van der Waals surface area contributed by atoms with Crippen molar-refractivity contribution in [2.45, 2.75) is 164 Å². The van der Waals surface area contributed by atoms with Crippen molar-refractivity contribution in [1.29, 1.82) is 0 Å². The number of benzene rings is 1. The number of hydrogen-bond donors (Lipinski definition) is 2. The highest BCUT2D eigenvalue weighted by Crippen LogP contribution is 2.75. The van der Waals surface area contributed by atoms with Crippen LogP contribution >= 0.6 is 0 Å². The lowest BCUT2D eigenvalue weighted by molar-refractivity contribution is -0.220. The highest BCUT2D eigenvalue weighted by Gasteiger charge is 2.72. The molecule has 0 radical (unpaired) electrons. The Labute approximate surface area is 339 Å². The second kappa shape index (κ2) is 12.5.